The number of nitrogens with zero attached hydrogens (tertiary/aromatic N) is 4. The van der Waals surface area contributed by atoms with Crippen molar-refractivity contribution in [2.24, 2.45) is 12.0 Å². The molecule has 0 aliphatic heterocycles. The lowest BCUT2D eigenvalue weighted by atomic mass is 10.2. The summed E-state index contributed by atoms with van der Waals surface area (Å²) in [5.74, 6) is 0.813. The number of anilines is 1. The van der Waals surface area contributed by atoms with Crippen LogP contribution < -0.4 is 15.5 Å². The molecule has 1 aromatic heterocycles. The Morgan fingerprint density at radius 2 is 2.00 bits per heavy atom. The molecule has 0 spiro atoms. The molecule has 1 heterocycles. The van der Waals surface area contributed by atoms with E-state index in [0.717, 1.165) is 37.8 Å². The molecule has 0 aliphatic rings. The summed E-state index contributed by atoms with van der Waals surface area (Å²) in [5.41, 5.74) is 6.02. The molecule has 2 aromatic rings. The first kappa shape index (κ1) is 19.8. The van der Waals surface area contributed by atoms with E-state index in [1.807, 2.05) is 18.7 Å². The Morgan fingerprint density at radius 3 is 2.58 bits per heavy atom. The third-order valence-corrected chi connectivity index (χ3v) is 4.74. The highest BCUT2D eigenvalue weighted by molar-refractivity contribution is 5.79. The van der Waals surface area contributed by atoms with Gasteiger partial charge in [-0.15, -0.1) is 0 Å². The van der Waals surface area contributed by atoms with Gasteiger partial charge in [0.15, 0.2) is 5.96 Å². The summed E-state index contributed by atoms with van der Waals surface area (Å²) in [7, 11) is 3.78. The number of benzene rings is 1. The number of hydrogen-bond donors (Lipinski definition) is 2. The smallest absolute Gasteiger partial charge is 0.191 e. The molecule has 2 rings (SSSR count). The van der Waals surface area contributed by atoms with Crippen molar-refractivity contribution in [3.05, 3.63) is 46.8 Å². The fraction of sp³-hybridized carbons (Fsp3) is 0.500. The lowest BCUT2D eigenvalue weighted by molar-refractivity contribution is 0.727. The summed E-state index contributed by atoms with van der Waals surface area (Å²) < 4.78 is 1.92. The maximum Gasteiger partial charge on any atom is 0.191 e. The SMILES string of the molecule is CCN(CCNC(=NC)NCc1c(C)nn(C)c1C)c1cccc(C)c1. The molecule has 2 N–H and O–H groups in total. The average molecular weight is 357 g/mol. The summed E-state index contributed by atoms with van der Waals surface area (Å²) >= 11 is 0. The Balaban J connectivity index is 1.86. The van der Waals surface area contributed by atoms with Crippen LogP contribution in [-0.4, -0.2) is 42.4 Å². The van der Waals surface area contributed by atoms with Crippen LogP contribution in [-0.2, 0) is 13.6 Å². The lowest BCUT2D eigenvalue weighted by Crippen LogP contribution is -2.41. The van der Waals surface area contributed by atoms with Gasteiger partial charge in [0.25, 0.3) is 0 Å². The van der Waals surface area contributed by atoms with Gasteiger partial charge in [-0.05, 0) is 45.4 Å². The molecule has 142 valence electrons. The van der Waals surface area contributed by atoms with Crippen LogP contribution in [0.4, 0.5) is 5.69 Å². The van der Waals surface area contributed by atoms with Crippen molar-refractivity contribution in [2.75, 3.05) is 31.6 Å². The summed E-state index contributed by atoms with van der Waals surface area (Å²) in [6, 6.07) is 8.63. The number of likely N-dealkylation sites (N-methyl/N-ethyl adjacent to an activating group) is 1. The minimum atomic E-state index is 0.723. The van der Waals surface area contributed by atoms with Crippen molar-refractivity contribution in [1.82, 2.24) is 20.4 Å². The Morgan fingerprint density at radius 1 is 1.23 bits per heavy atom. The number of aryl methyl sites for hydroxylation is 3. The number of nitrogens with one attached hydrogen (secondary N) is 2. The molecule has 0 aliphatic carbocycles. The van der Waals surface area contributed by atoms with Gasteiger partial charge < -0.3 is 15.5 Å². The van der Waals surface area contributed by atoms with Crippen molar-refractivity contribution in [3.63, 3.8) is 0 Å². The molecule has 0 saturated heterocycles. The average Bonchev–Trinajstić information content (AvgIpc) is 2.86. The zero-order valence-electron chi connectivity index (χ0n) is 16.9. The van der Waals surface area contributed by atoms with Crippen LogP contribution in [0, 0.1) is 20.8 Å². The molecule has 0 atom stereocenters. The Kier molecular flexibility index (Phi) is 7.06. The molecule has 1 aromatic carbocycles. The highest BCUT2D eigenvalue weighted by Crippen LogP contribution is 2.15. The second kappa shape index (κ2) is 9.27. The first-order chi connectivity index (χ1) is 12.5. The zero-order chi connectivity index (χ0) is 19.1. The quantitative estimate of drug-likeness (QED) is 0.591. The molecule has 0 unspecified atom stereocenters. The minimum absolute atomic E-state index is 0.723. The fourth-order valence-corrected chi connectivity index (χ4v) is 3.07. The minimum Gasteiger partial charge on any atom is -0.370 e. The first-order valence-electron chi connectivity index (χ1n) is 9.21. The molecule has 0 saturated carbocycles. The first-order valence-corrected chi connectivity index (χ1v) is 9.21. The Labute approximate surface area is 157 Å². The third-order valence-electron chi connectivity index (χ3n) is 4.74. The fourth-order valence-electron chi connectivity index (χ4n) is 3.07. The molecule has 0 radical (unpaired) electrons. The topological polar surface area (TPSA) is 57.5 Å². The standard InChI is InChI=1S/C20H32N6/c1-7-26(18-10-8-9-15(2)13-18)12-11-22-20(21-5)23-14-19-16(3)24-25(6)17(19)4/h8-10,13H,7,11-12,14H2,1-6H3,(H2,21,22,23). The van der Waals surface area contributed by atoms with Gasteiger partial charge in [0.1, 0.15) is 0 Å². The van der Waals surface area contributed by atoms with Crippen LogP contribution in [0.15, 0.2) is 29.3 Å². The normalized spacial score (nSPS) is 11.5. The van der Waals surface area contributed by atoms with Crippen LogP contribution in [0.5, 0.6) is 0 Å². The lowest BCUT2D eigenvalue weighted by Gasteiger charge is -2.24. The van der Waals surface area contributed by atoms with E-state index in [4.69, 9.17) is 0 Å². The van der Waals surface area contributed by atoms with Gasteiger partial charge in [0.2, 0.25) is 0 Å². The number of aromatic nitrogens is 2. The van der Waals surface area contributed by atoms with E-state index in [1.165, 1.54) is 22.5 Å². The Bertz CT molecular complexity index is 747. The van der Waals surface area contributed by atoms with Gasteiger partial charge in [0.05, 0.1) is 5.69 Å². The monoisotopic (exact) mass is 356 g/mol. The van der Waals surface area contributed by atoms with E-state index in [-0.39, 0.29) is 0 Å². The molecule has 0 amide bonds. The van der Waals surface area contributed by atoms with E-state index in [2.05, 4.69) is 70.7 Å². The van der Waals surface area contributed by atoms with E-state index < -0.39 is 0 Å². The highest BCUT2D eigenvalue weighted by atomic mass is 15.3. The second-order valence-corrected chi connectivity index (χ2v) is 6.54. The Hall–Kier alpha value is -2.50. The number of hydrogen-bond acceptors (Lipinski definition) is 3. The van der Waals surface area contributed by atoms with E-state index in [9.17, 15) is 0 Å². The summed E-state index contributed by atoms with van der Waals surface area (Å²) in [6.07, 6.45) is 0. The van der Waals surface area contributed by atoms with Crippen molar-refractivity contribution in [2.45, 2.75) is 34.2 Å². The van der Waals surface area contributed by atoms with E-state index in [1.54, 1.807) is 7.05 Å². The molecule has 26 heavy (non-hydrogen) atoms. The number of rotatable bonds is 7. The maximum atomic E-state index is 4.46. The molecule has 6 heteroatoms. The van der Waals surface area contributed by atoms with Crippen LogP contribution in [0.25, 0.3) is 0 Å². The molecule has 6 nitrogen and oxygen atoms in total. The van der Waals surface area contributed by atoms with E-state index >= 15 is 0 Å². The predicted octanol–water partition coefficient (Wildman–Crippen LogP) is 2.54. The molecular formula is C20H32N6. The largest absolute Gasteiger partial charge is 0.370 e. The van der Waals surface area contributed by atoms with Crippen molar-refractivity contribution < 1.29 is 0 Å². The van der Waals surface area contributed by atoms with Crippen molar-refractivity contribution in [1.29, 1.82) is 0 Å². The summed E-state index contributed by atoms with van der Waals surface area (Å²) in [4.78, 5) is 6.69. The van der Waals surface area contributed by atoms with Crippen LogP contribution in [0.2, 0.25) is 0 Å². The van der Waals surface area contributed by atoms with Gasteiger partial charge in [-0.2, -0.15) is 5.10 Å². The number of guanidine groups is 1. The van der Waals surface area contributed by atoms with Gasteiger partial charge in [-0.25, -0.2) is 0 Å². The van der Waals surface area contributed by atoms with Crippen LogP contribution >= 0.6 is 0 Å². The van der Waals surface area contributed by atoms with E-state index in [0.29, 0.717) is 0 Å². The van der Waals surface area contributed by atoms with Gasteiger partial charge in [-0.3, -0.25) is 9.67 Å². The molecular weight excluding hydrogens is 324 g/mol. The van der Waals surface area contributed by atoms with Gasteiger partial charge in [0, 0.05) is 57.2 Å². The zero-order valence-corrected chi connectivity index (χ0v) is 16.9. The number of aliphatic imine (C=N–C) groups is 1. The van der Waals surface area contributed by atoms with Gasteiger partial charge >= 0.3 is 0 Å². The summed E-state index contributed by atoms with van der Waals surface area (Å²) in [6.45, 7) is 11.9. The highest BCUT2D eigenvalue weighted by Gasteiger charge is 2.10. The predicted molar refractivity (Wildman–Crippen MR) is 110 cm³/mol. The van der Waals surface area contributed by atoms with Crippen molar-refractivity contribution >= 4 is 11.6 Å². The van der Waals surface area contributed by atoms with Crippen LogP contribution in [0.3, 0.4) is 0 Å². The molecule has 0 fully saturated rings. The van der Waals surface area contributed by atoms with Gasteiger partial charge in [-0.1, -0.05) is 12.1 Å². The van der Waals surface area contributed by atoms with Crippen LogP contribution in [0.1, 0.15) is 29.4 Å². The second-order valence-electron chi connectivity index (χ2n) is 6.54. The maximum absolute atomic E-state index is 4.46. The summed E-state index contributed by atoms with van der Waals surface area (Å²) in [5, 5.41) is 11.3. The third kappa shape index (κ3) is 5.00. The molecule has 0 bridgehead atoms. The van der Waals surface area contributed by atoms with Crippen molar-refractivity contribution in [3.8, 4) is 0 Å².